The Morgan fingerprint density at radius 3 is 2.26 bits per heavy atom. The summed E-state index contributed by atoms with van der Waals surface area (Å²) in [6.07, 6.45) is 0.623. The molecule has 0 aromatic rings. The van der Waals surface area contributed by atoms with Crippen LogP contribution in [0.5, 0.6) is 0 Å². The van der Waals surface area contributed by atoms with Gasteiger partial charge in [0.15, 0.2) is 0 Å². The van der Waals surface area contributed by atoms with Crippen molar-refractivity contribution >= 4 is 16.1 Å². The third-order valence-corrected chi connectivity index (χ3v) is 3.14. The molecule has 114 valence electrons. The summed E-state index contributed by atoms with van der Waals surface area (Å²) in [5.41, 5.74) is 0.357. The van der Waals surface area contributed by atoms with E-state index in [9.17, 15) is 13.2 Å². The lowest BCUT2D eigenvalue weighted by atomic mass is 10.3. The largest absolute Gasteiger partial charge is 0.870 e. The lowest BCUT2D eigenvalue weighted by Crippen LogP contribution is -2.44. The van der Waals surface area contributed by atoms with Crippen LogP contribution in [0.15, 0.2) is 12.2 Å². The molecule has 0 unspecified atom stereocenters. The lowest BCUT2D eigenvalue weighted by Gasteiger charge is -2.29. The number of esters is 1. The Labute approximate surface area is 114 Å². The molecule has 0 saturated heterocycles. The average molecular weight is 297 g/mol. The van der Waals surface area contributed by atoms with Gasteiger partial charge in [-0.05, 0) is 6.92 Å². The standard InChI is InChI=1S/C11H21NO5S.H2O/c1-10(2)11(13)17-8-5-6-12(3,4)7-9-18(14,15)16;/h1,5-9H2,2-4H3;1H2. The third kappa shape index (κ3) is 11.8. The van der Waals surface area contributed by atoms with E-state index in [-0.39, 0.29) is 17.8 Å². The highest BCUT2D eigenvalue weighted by molar-refractivity contribution is 7.85. The topological polar surface area (TPSA) is 111 Å². The molecule has 0 radical (unpaired) electrons. The number of ether oxygens (including phenoxy) is 1. The van der Waals surface area contributed by atoms with Crippen LogP contribution in [0.2, 0.25) is 0 Å². The highest BCUT2D eigenvalue weighted by atomic mass is 32.2. The zero-order chi connectivity index (χ0) is 14.4. The van der Waals surface area contributed by atoms with Crippen LogP contribution < -0.4 is 0 Å². The van der Waals surface area contributed by atoms with Gasteiger partial charge in [-0.15, -0.1) is 0 Å². The number of hydrogen-bond acceptors (Lipinski definition) is 5. The number of rotatable bonds is 8. The second kappa shape index (κ2) is 8.26. The summed E-state index contributed by atoms with van der Waals surface area (Å²) in [5.74, 6) is -0.691. The van der Waals surface area contributed by atoms with E-state index in [1.165, 1.54) is 0 Å². The Bertz CT molecular complexity index is 401. The summed E-state index contributed by atoms with van der Waals surface area (Å²) >= 11 is 0. The van der Waals surface area contributed by atoms with E-state index in [1.807, 2.05) is 14.1 Å². The maximum Gasteiger partial charge on any atom is 0.333 e. The number of carbonyl (C=O) groups is 1. The second-order valence-corrected chi connectivity index (χ2v) is 6.51. The van der Waals surface area contributed by atoms with Gasteiger partial charge in [-0.25, -0.2) is 4.79 Å². The first-order valence-electron chi connectivity index (χ1n) is 5.63. The predicted molar refractivity (Wildman–Crippen MR) is 70.6 cm³/mol. The van der Waals surface area contributed by atoms with Crippen LogP contribution in [0, 0.1) is 0 Å². The quantitative estimate of drug-likeness (QED) is 0.226. The van der Waals surface area contributed by atoms with Crippen molar-refractivity contribution in [3.8, 4) is 0 Å². The van der Waals surface area contributed by atoms with Crippen molar-refractivity contribution in [3.63, 3.8) is 0 Å². The van der Waals surface area contributed by atoms with Crippen LogP contribution in [-0.4, -0.2) is 68.4 Å². The van der Waals surface area contributed by atoms with Crippen molar-refractivity contribution < 1.29 is 32.5 Å². The maximum absolute atomic E-state index is 11.1. The van der Waals surface area contributed by atoms with Gasteiger partial charge in [0.2, 0.25) is 0 Å². The Morgan fingerprint density at radius 2 is 1.84 bits per heavy atom. The van der Waals surface area contributed by atoms with Gasteiger partial charge in [-0.2, -0.15) is 8.42 Å². The maximum atomic E-state index is 11.1. The van der Waals surface area contributed by atoms with Gasteiger partial charge < -0.3 is 14.7 Å². The number of carbonyl (C=O) groups excluding carboxylic acids is 1. The van der Waals surface area contributed by atoms with Crippen LogP contribution in [0.3, 0.4) is 0 Å². The summed E-state index contributed by atoms with van der Waals surface area (Å²) in [7, 11) is -0.219. The van der Waals surface area contributed by atoms with E-state index in [0.29, 0.717) is 29.6 Å². The van der Waals surface area contributed by atoms with E-state index in [2.05, 4.69) is 6.58 Å². The zero-order valence-corrected chi connectivity index (χ0v) is 12.4. The van der Waals surface area contributed by atoms with Crippen molar-refractivity contribution in [2.75, 3.05) is 39.5 Å². The molecule has 7 nitrogen and oxygen atoms in total. The first kappa shape index (κ1) is 20.4. The van der Waals surface area contributed by atoms with Gasteiger partial charge in [-0.1, -0.05) is 6.58 Å². The number of hydrogen-bond donors (Lipinski definition) is 1. The Morgan fingerprint density at radius 1 is 1.32 bits per heavy atom. The van der Waals surface area contributed by atoms with Crippen molar-refractivity contribution in [3.05, 3.63) is 12.2 Å². The molecule has 0 atom stereocenters. The van der Waals surface area contributed by atoms with E-state index in [0.717, 1.165) is 0 Å². The summed E-state index contributed by atoms with van der Waals surface area (Å²) in [6, 6.07) is 0. The first-order chi connectivity index (χ1) is 8.03. The van der Waals surface area contributed by atoms with Crippen molar-refractivity contribution in [1.82, 2.24) is 0 Å². The Hall–Kier alpha value is -0.960. The molecular weight excluding hydrogens is 274 g/mol. The van der Waals surface area contributed by atoms with Crippen LogP contribution in [-0.2, 0) is 19.6 Å². The lowest BCUT2D eigenvalue weighted by molar-refractivity contribution is -0.888. The summed E-state index contributed by atoms with van der Waals surface area (Å²) < 4.78 is 35.3. The molecule has 0 aromatic heterocycles. The van der Waals surface area contributed by atoms with E-state index in [1.54, 1.807) is 6.92 Å². The van der Waals surface area contributed by atoms with Gasteiger partial charge in [0.25, 0.3) is 10.1 Å². The smallest absolute Gasteiger partial charge is 0.333 e. The second-order valence-electron chi connectivity index (χ2n) is 4.94. The molecule has 0 aromatic carbocycles. The van der Waals surface area contributed by atoms with Gasteiger partial charge in [0, 0.05) is 12.0 Å². The molecule has 0 fully saturated rings. The van der Waals surface area contributed by atoms with E-state index in [4.69, 9.17) is 9.29 Å². The fourth-order valence-electron chi connectivity index (χ4n) is 1.25. The summed E-state index contributed by atoms with van der Waals surface area (Å²) in [4.78, 5) is 11.1. The summed E-state index contributed by atoms with van der Waals surface area (Å²) in [6.45, 7) is 6.29. The molecule has 0 aliphatic carbocycles. The van der Waals surface area contributed by atoms with Crippen LogP contribution >= 0.6 is 0 Å². The summed E-state index contributed by atoms with van der Waals surface area (Å²) in [5, 5.41) is 0. The molecule has 0 heterocycles. The molecular formula is C11H23NO6S. The van der Waals surface area contributed by atoms with Crippen molar-refractivity contribution in [2.45, 2.75) is 13.3 Å². The van der Waals surface area contributed by atoms with E-state index < -0.39 is 16.1 Å². The SMILES string of the molecule is C=C(C)C(=O)OCCC[N+](C)(C)CCS(=O)(=O)O.[OH-]. The molecule has 0 bridgehead atoms. The minimum Gasteiger partial charge on any atom is -0.870 e. The number of nitrogens with zero attached hydrogens (tertiary/aromatic N) is 1. The van der Waals surface area contributed by atoms with Crippen molar-refractivity contribution in [1.29, 1.82) is 0 Å². The highest BCUT2D eigenvalue weighted by Crippen LogP contribution is 2.02. The van der Waals surface area contributed by atoms with E-state index >= 15 is 0 Å². The minimum absolute atomic E-state index is 0. The third-order valence-electron chi connectivity index (χ3n) is 2.44. The fraction of sp³-hybridized carbons (Fsp3) is 0.727. The molecule has 0 saturated carbocycles. The molecule has 2 N–H and O–H groups in total. The highest BCUT2D eigenvalue weighted by Gasteiger charge is 2.18. The molecule has 8 heteroatoms. The minimum atomic E-state index is -3.93. The first-order valence-corrected chi connectivity index (χ1v) is 7.24. The Balaban J connectivity index is 0. The monoisotopic (exact) mass is 297 g/mol. The Kier molecular flexibility index (Phi) is 8.85. The van der Waals surface area contributed by atoms with Crippen LogP contribution in [0.4, 0.5) is 0 Å². The average Bonchev–Trinajstić information content (AvgIpc) is 2.20. The molecule has 19 heavy (non-hydrogen) atoms. The molecule has 0 amide bonds. The molecule has 0 aliphatic heterocycles. The number of quaternary nitrogens is 1. The normalized spacial score (nSPS) is 11.6. The zero-order valence-electron chi connectivity index (χ0n) is 11.6. The van der Waals surface area contributed by atoms with Gasteiger partial charge in [0.05, 0.1) is 33.8 Å². The predicted octanol–water partition coefficient (Wildman–Crippen LogP) is 0.283. The van der Waals surface area contributed by atoms with Crippen LogP contribution in [0.1, 0.15) is 13.3 Å². The molecule has 0 spiro atoms. The van der Waals surface area contributed by atoms with Crippen LogP contribution in [0.25, 0.3) is 0 Å². The van der Waals surface area contributed by atoms with Gasteiger partial charge in [-0.3, -0.25) is 4.55 Å². The van der Waals surface area contributed by atoms with Gasteiger partial charge >= 0.3 is 5.97 Å². The van der Waals surface area contributed by atoms with Crippen molar-refractivity contribution in [2.24, 2.45) is 0 Å². The molecule has 0 aliphatic rings. The molecule has 0 rings (SSSR count). The fourth-order valence-corrected chi connectivity index (χ4v) is 1.98. The van der Waals surface area contributed by atoms with Gasteiger partial charge in [0.1, 0.15) is 5.75 Å².